The topological polar surface area (TPSA) is 29.9 Å². The van der Waals surface area contributed by atoms with E-state index in [4.69, 9.17) is 0 Å². The Balaban J connectivity index is 1.88. The molecule has 2 aliphatic rings. The van der Waals surface area contributed by atoms with Gasteiger partial charge >= 0.3 is 0 Å². The Morgan fingerprint density at radius 2 is 2.16 bits per heavy atom. The second kappa shape index (κ2) is 5.21. The third kappa shape index (κ3) is 2.62. The molecule has 0 bridgehead atoms. The Morgan fingerprint density at radius 1 is 1.37 bits per heavy atom. The predicted octanol–water partition coefficient (Wildman–Crippen LogP) is 3.35. The van der Waals surface area contributed by atoms with Crippen LogP contribution < -0.4 is 5.32 Å². The van der Waals surface area contributed by atoms with Gasteiger partial charge in [-0.15, -0.1) is 0 Å². The van der Waals surface area contributed by atoms with Crippen molar-refractivity contribution >= 4 is 15.9 Å². The van der Waals surface area contributed by atoms with Crippen molar-refractivity contribution in [1.82, 2.24) is 15.1 Å². The quantitative estimate of drug-likeness (QED) is 0.923. The Labute approximate surface area is 124 Å². The molecule has 2 heterocycles. The molecular weight excluding hydrogens is 302 g/mol. The molecule has 19 heavy (non-hydrogen) atoms. The number of nitrogens with zero attached hydrogens (tertiary/aromatic N) is 2. The summed E-state index contributed by atoms with van der Waals surface area (Å²) in [6.45, 7) is 3.27. The molecule has 2 fully saturated rings. The van der Waals surface area contributed by atoms with E-state index in [2.05, 4.69) is 45.0 Å². The fraction of sp³-hybridized carbons (Fsp3) is 0.800. The second-order valence-corrected chi connectivity index (χ2v) is 7.11. The maximum atomic E-state index is 4.55. The predicted molar refractivity (Wildman–Crippen MR) is 81.3 cm³/mol. The Morgan fingerprint density at radius 3 is 2.79 bits per heavy atom. The van der Waals surface area contributed by atoms with Crippen LogP contribution in [-0.2, 0) is 13.5 Å². The van der Waals surface area contributed by atoms with Crippen LogP contribution in [0.2, 0.25) is 0 Å². The fourth-order valence-corrected chi connectivity index (χ4v) is 4.09. The summed E-state index contributed by atoms with van der Waals surface area (Å²) >= 11 is 3.73. The molecule has 3 nitrogen and oxygen atoms in total. The summed E-state index contributed by atoms with van der Waals surface area (Å²) in [5.41, 5.74) is 2.80. The van der Waals surface area contributed by atoms with E-state index in [1.807, 2.05) is 0 Å². The van der Waals surface area contributed by atoms with Gasteiger partial charge in [0, 0.05) is 19.0 Å². The molecule has 0 aromatic carbocycles. The van der Waals surface area contributed by atoms with Crippen molar-refractivity contribution in [3.8, 4) is 0 Å². The maximum absolute atomic E-state index is 4.55. The van der Waals surface area contributed by atoms with Crippen LogP contribution in [0.15, 0.2) is 4.47 Å². The number of nitrogens with one attached hydrogen (secondary N) is 1. The zero-order chi connectivity index (χ0) is 13.5. The van der Waals surface area contributed by atoms with E-state index in [1.54, 1.807) is 0 Å². The van der Waals surface area contributed by atoms with Gasteiger partial charge in [-0.2, -0.15) is 5.10 Å². The Bertz CT molecular complexity index is 454. The minimum atomic E-state index is 0.333. The van der Waals surface area contributed by atoms with Gasteiger partial charge in [-0.3, -0.25) is 4.68 Å². The van der Waals surface area contributed by atoms with Crippen LogP contribution in [0.5, 0.6) is 0 Å². The van der Waals surface area contributed by atoms with Crippen molar-refractivity contribution in [3.05, 3.63) is 15.9 Å². The number of halogens is 1. The molecule has 1 atom stereocenters. The second-order valence-electron chi connectivity index (χ2n) is 6.31. The first-order valence-corrected chi connectivity index (χ1v) is 8.35. The first-order chi connectivity index (χ1) is 9.12. The third-order valence-corrected chi connectivity index (χ3v) is 5.91. The lowest BCUT2D eigenvalue weighted by Crippen LogP contribution is -2.49. The van der Waals surface area contributed by atoms with Crippen LogP contribution in [0.1, 0.15) is 49.9 Å². The van der Waals surface area contributed by atoms with Crippen molar-refractivity contribution in [3.63, 3.8) is 0 Å². The molecule has 1 aliphatic carbocycles. The van der Waals surface area contributed by atoms with Crippen LogP contribution in [0.25, 0.3) is 0 Å². The van der Waals surface area contributed by atoms with E-state index < -0.39 is 0 Å². The monoisotopic (exact) mass is 325 g/mol. The number of aryl methyl sites for hydroxylation is 2. The van der Waals surface area contributed by atoms with Crippen LogP contribution in [-0.4, -0.2) is 21.9 Å². The number of aromatic nitrogens is 2. The number of rotatable bonds is 3. The van der Waals surface area contributed by atoms with E-state index in [1.165, 1.54) is 55.2 Å². The third-order valence-electron chi connectivity index (χ3n) is 4.88. The van der Waals surface area contributed by atoms with Crippen molar-refractivity contribution in [2.45, 2.75) is 57.4 Å². The van der Waals surface area contributed by atoms with E-state index in [0.717, 1.165) is 18.0 Å². The summed E-state index contributed by atoms with van der Waals surface area (Å²) in [7, 11) is 2.07. The number of hydrogen-bond acceptors (Lipinski definition) is 2. The van der Waals surface area contributed by atoms with Gasteiger partial charge in [-0.05, 0) is 61.0 Å². The molecule has 1 aliphatic heterocycles. The summed E-state index contributed by atoms with van der Waals surface area (Å²) in [5, 5.41) is 8.46. The van der Waals surface area contributed by atoms with Crippen LogP contribution >= 0.6 is 15.9 Å². The lowest BCUT2D eigenvalue weighted by atomic mass is 9.83. The van der Waals surface area contributed by atoms with Gasteiger partial charge in [-0.25, -0.2) is 0 Å². The van der Waals surface area contributed by atoms with Crippen molar-refractivity contribution in [1.29, 1.82) is 0 Å². The first-order valence-electron chi connectivity index (χ1n) is 7.55. The summed E-state index contributed by atoms with van der Waals surface area (Å²) in [6.07, 6.45) is 9.35. The Hall–Kier alpha value is -0.350. The summed E-state index contributed by atoms with van der Waals surface area (Å²) in [5.74, 6) is 0.882. The summed E-state index contributed by atoms with van der Waals surface area (Å²) < 4.78 is 3.27. The maximum Gasteiger partial charge on any atom is 0.0738 e. The SMILES string of the molecule is Cc1nn(C)c(CC2(C3CC3)CCCCCN2)c1Br. The number of hydrogen-bond donors (Lipinski definition) is 1. The van der Waals surface area contributed by atoms with Crippen molar-refractivity contribution in [2.75, 3.05) is 6.54 Å². The molecule has 0 spiro atoms. The molecule has 106 valence electrons. The highest BCUT2D eigenvalue weighted by Gasteiger charge is 2.45. The first kappa shape index (κ1) is 13.6. The van der Waals surface area contributed by atoms with E-state index in [9.17, 15) is 0 Å². The van der Waals surface area contributed by atoms with Crippen molar-refractivity contribution < 1.29 is 0 Å². The van der Waals surface area contributed by atoms with E-state index in [0.29, 0.717) is 5.54 Å². The smallest absolute Gasteiger partial charge is 0.0738 e. The fourth-order valence-electron chi connectivity index (χ4n) is 3.62. The largest absolute Gasteiger partial charge is 0.311 e. The van der Waals surface area contributed by atoms with Crippen LogP contribution in [0.3, 0.4) is 0 Å². The molecule has 1 saturated heterocycles. The van der Waals surface area contributed by atoms with Gasteiger partial charge in [-0.1, -0.05) is 12.8 Å². The normalized spacial score (nSPS) is 28.4. The Kier molecular flexibility index (Phi) is 3.73. The molecule has 0 amide bonds. The standard InChI is InChI=1S/C15H24BrN3/c1-11-14(16)13(19(2)18-11)10-15(12-6-7-12)8-4-3-5-9-17-15/h12,17H,3-10H2,1-2H3. The van der Waals surface area contributed by atoms with Crippen LogP contribution in [0, 0.1) is 12.8 Å². The van der Waals surface area contributed by atoms with E-state index in [-0.39, 0.29) is 0 Å². The molecule has 1 unspecified atom stereocenters. The molecule has 1 saturated carbocycles. The molecule has 1 N–H and O–H groups in total. The zero-order valence-corrected chi connectivity index (χ0v) is 13.6. The van der Waals surface area contributed by atoms with Gasteiger partial charge in [0.25, 0.3) is 0 Å². The minimum Gasteiger partial charge on any atom is -0.311 e. The van der Waals surface area contributed by atoms with Gasteiger partial charge in [0.15, 0.2) is 0 Å². The zero-order valence-electron chi connectivity index (χ0n) is 12.0. The van der Waals surface area contributed by atoms with Crippen molar-refractivity contribution in [2.24, 2.45) is 13.0 Å². The lowest BCUT2D eigenvalue weighted by molar-refractivity contribution is 0.265. The highest BCUT2D eigenvalue weighted by molar-refractivity contribution is 9.10. The van der Waals surface area contributed by atoms with Gasteiger partial charge < -0.3 is 5.32 Å². The van der Waals surface area contributed by atoms with Crippen LogP contribution in [0.4, 0.5) is 0 Å². The lowest BCUT2D eigenvalue weighted by Gasteiger charge is -2.34. The summed E-state index contributed by atoms with van der Waals surface area (Å²) in [4.78, 5) is 0. The molecule has 0 radical (unpaired) electrons. The molecule has 1 aromatic heterocycles. The molecule has 4 heteroatoms. The molecule has 3 rings (SSSR count). The highest BCUT2D eigenvalue weighted by Crippen LogP contribution is 2.45. The molecule has 1 aromatic rings. The highest BCUT2D eigenvalue weighted by atomic mass is 79.9. The van der Waals surface area contributed by atoms with Gasteiger partial charge in [0.2, 0.25) is 0 Å². The summed E-state index contributed by atoms with van der Waals surface area (Å²) in [6, 6.07) is 0. The van der Waals surface area contributed by atoms with Gasteiger partial charge in [0.05, 0.1) is 15.9 Å². The average Bonchev–Trinajstić information content (AvgIpc) is 3.18. The minimum absolute atomic E-state index is 0.333. The van der Waals surface area contributed by atoms with Gasteiger partial charge in [0.1, 0.15) is 0 Å². The van der Waals surface area contributed by atoms with E-state index >= 15 is 0 Å². The average molecular weight is 326 g/mol. The molecular formula is C15H24BrN3.